The van der Waals surface area contributed by atoms with E-state index in [0.717, 1.165) is 10.9 Å². The number of allylic oxidation sites excluding steroid dienone is 1. The first kappa shape index (κ1) is 23.3. The van der Waals surface area contributed by atoms with Crippen LogP contribution in [-0.2, 0) is 9.53 Å². The van der Waals surface area contributed by atoms with Crippen molar-refractivity contribution in [3.63, 3.8) is 0 Å². The molecular weight excluding hydrogens is 476 g/mol. The van der Waals surface area contributed by atoms with Gasteiger partial charge in [0, 0.05) is 22.4 Å². The molecule has 0 spiro atoms. The topological polar surface area (TPSA) is 99.8 Å². The highest BCUT2D eigenvalue weighted by molar-refractivity contribution is 9.10. The summed E-state index contributed by atoms with van der Waals surface area (Å²) in [7, 11) is 1.32. The van der Waals surface area contributed by atoms with Crippen molar-refractivity contribution in [2.45, 2.75) is 26.3 Å². The number of amides is 4. The molecule has 1 aliphatic rings. The number of nitrogens with one attached hydrogen (secondary N) is 3. The van der Waals surface area contributed by atoms with Crippen LogP contribution < -0.4 is 16.0 Å². The molecule has 1 heterocycles. The minimum absolute atomic E-state index is 0.267. The Morgan fingerprint density at radius 1 is 1.12 bits per heavy atom. The Balaban J connectivity index is 1.79. The molecule has 32 heavy (non-hydrogen) atoms. The molecule has 0 aliphatic carbocycles. The molecule has 1 aliphatic heterocycles. The Hall–Kier alpha value is -3.33. The van der Waals surface area contributed by atoms with E-state index in [-0.39, 0.29) is 6.03 Å². The number of hydrogen-bond acceptors (Lipinski definition) is 4. The van der Waals surface area contributed by atoms with Crippen molar-refractivity contribution in [3.8, 4) is 0 Å². The van der Waals surface area contributed by atoms with Gasteiger partial charge in [0.1, 0.15) is 0 Å². The van der Waals surface area contributed by atoms with E-state index in [2.05, 4.69) is 31.9 Å². The molecule has 168 valence electrons. The number of methoxy groups -OCH3 is 1. The number of halogens is 1. The number of carbonyl (C=O) groups is 3. The van der Waals surface area contributed by atoms with E-state index < -0.39 is 18.0 Å². The number of hydrogen-bond donors (Lipinski definition) is 3. The van der Waals surface area contributed by atoms with Gasteiger partial charge in [-0.05, 0) is 59.1 Å². The van der Waals surface area contributed by atoms with Crippen LogP contribution in [0, 0.1) is 0 Å². The highest BCUT2D eigenvalue weighted by Gasteiger charge is 2.35. The fraction of sp³-hybridized carbons (Fsp3) is 0.261. The summed E-state index contributed by atoms with van der Waals surface area (Å²) in [6, 6.07) is 12.9. The molecular formula is C23H25BrN4O4. The van der Waals surface area contributed by atoms with Crippen LogP contribution in [0.1, 0.15) is 31.9 Å². The Morgan fingerprint density at radius 2 is 1.81 bits per heavy atom. The lowest BCUT2D eigenvalue weighted by Gasteiger charge is -2.35. The Morgan fingerprint density at radius 3 is 2.44 bits per heavy atom. The van der Waals surface area contributed by atoms with Crippen molar-refractivity contribution in [2.24, 2.45) is 0 Å². The molecule has 3 N–H and O–H groups in total. The minimum atomic E-state index is -0.647. The van der Waals surface area contributed by atoms with Gasteiger partial charge < -0.3 is 20.7 Å². The van der Waals surface area contributed by atoms with Crippen LogP contribution in [0.15, 0.2) is 64.3 Å². The zero-order valence-corrected chi connectivity index (χ0v) is 19.7. The lowest BCUT2D eigenvalue weighted by molar-refractivity contribution is -0.136. The fourth-order valence-electron chi connectivity index (χ4n) is 3.50. The fourth-order valence-corrected chi connectivity index (χ4v) is 3.89. The summed E-state index contributed by atoms with van der Waals surface area (Å²) < 4.78 is 5.74. The number of urea groups is 2. The highest BCUT2D eigenvalue weighted by Crippen LogP contribution is 2.32. The van der Waals surface area contributed by atoms with Gasteiger partial charge in [0.15, 0.2) is 0 Å². The largest absolute Gasteiger partial charge is 0.466 e. The van der Waals surface area contributed by atoms with E-state index in [9.17, 15) is 14.4 Å². The third kappa shape index (κ3) is 5.11. The summed E-state index contributed by atoms with van der Waals surface area (Å²) >= 11 is 3.39. The molecule has 2 aromatic rings. The standard InChI is InChI=1S/C23H25BrN4O4/c1-4-13-28-14(2)19(21(29)32-3)20(27-23(28)31)15-9-11-16(12-10-15)25-22(30)26-18-8-6-5-7-17(18)24/h5-12,20H,4,13H2,1-3H3,(H,27,31)(H2,25,26,30)/t20-/m0/s1. The van der Waals surface area contributed by atoms with Gasteiger partial charge in [0.05, 0.1) is 24.4 Å². The third-order valence-corrected chi connectivity index (χ3v) is 5.76. The summed E-state index contributed by atoms with van der Waals surface area (Å²) in [6.45, 7) is 4.21. The van der Waals surface area contributed by atoms with E-state index in [4.69, 9.17) is 4.74 Å². The second-order valence-corrected chi connectivity index (χ2v) is 8.06. The summed E-state index contributed by atoms with van der Waals surface area (Å²) in [5.41, 5.74) is 2.86. The molecule has 0 fully saturated rings. The Labute approximate surface area is 195 Å². The van der Waals surface area contributed by atoms with Gasteiger partial charge in [-0.3, -0.25) is 4.90 Å². The quantitative estimate of drug-likeness (QED) is 0.485. The van der Waals surface area contributed by atoms with Crippen molar-refractivity contribution < 1.29 is 19.1 Å². The van der Waals surface area contributed by atoms with Crippen molar-refractivity contribution in [1.29, 1.82) is 0 Å². The molecule has 0 radical (unpaired) electrons. The number of anilines is 2. The smallest absolute Gasteiger partial charge is 0.337 e. The molecule has 4 amide bonds. The molecule has 0 bridgehead atoms. The van der Waals surface area contributed by atoms with Crippen LogP contribution in [0.4, 0.5) is 21.0 Å². The second kappa shape index (κ2) is 10.3. The van der Waals surface area contributed by atoms with Gasteiger partial charge in [-0.2, -0.15) is 0 Å². The number of carbonyl (C=O) groups excluding carboxylic acids is 3. The maximum atomic E-state index is 12.6. The van der Waals surface area contributed by atoms with Gasteiger partial charge in [-0.25, -0.2) is 14.4 Å². The number of para-hydroxylation sites is 1. The SMILES string of the molecule is CCCN1C(=O)N[C@@H](c2ccc(NC(=O)Nc3ccccc3Br)cc2)C(C(=O)OC)=C1C. The van der Waals surface area contributed by atoms with Crippen LogP contribution in [-0.4, -0.2) is 36.6 Å². The van der Waals surface area contributed by atoms with Crippen molar-refractivity contribution >= 4 is 45.3 Å². The normalized spacial score (nSPS) is 15.8. The molecule has 0 unspecified atom stereocenters. The zero-order valence-electron chi connectivity index (χ0n) is 18.1. The number of esters is 1. The molecule has 9 heteroatoms. The van der Waals surface area contributed by atoms with Gasteiger partial charge >= 0.3 is 18.0 Å². The first-order valence-corrected chi connectivity index (χ1v) is 10.9. The van der Waals surface area contributed by atoms with Crippen LogP contribution in [0.25, 0.3) is 0 Å². The Kier molecular flexibility index (Phi) is 7.53. The molecule has 3 rings (SSSR count). The lowest BCUT2D eigenvalue weighted by Crippen LogP contribution is -2.48. The van der Waals surface area contributed by atoms with Gasteiger partial charge in [0.2, 0.25) is 0 Å². The van der Waals surface area contributed by atoms with Crippen molar-refractivity contribution in [2.75, 3.05) is 24.3 Å². The summed E-state index contributed by atoms with van der Waals surface area (Å²) in [5.74, 6) is -0.497. The summed E-state index contributed by atoms with van der Waals surface area (Å²) in [6.07, 6.45) is 0.756. The lowest BCUT2D eigenvalue weighted by atomic mass is 9.94. The average Bonchev–Trinajstić information content (AvgIpc) is 2.78. The number of rotatable bonds is 6. The van der Waals surface area contributed by atoms with Gasteiger partial charge in [0.25, 0.3) is 0 Å². The first-order chi connectivity index (χ1) is 15.3. The predicted molar refractivity (Wildman–Crippen MR) is 126 cm³/mol. The summed E-state index contributed by atoms with van der Waals surface area (Å²) in [4.78, 5) is 39.0. The first-order valence-electron chi connectivity index (χ1n) is 10.1. The number of benzene rings is 2. The highest BCUT2D eigenvalue weighted by atomic mass is 79.9. The number of nitrogens with zero attached hydrogens (tertiary/aromatic N) is 1. The molecule has 0 aromatic heterocycles. The van der Waals surface area contributed by atoms with E-state index >= 15 is 0 Å². The average molecular weight is 501 g/mol. The number of ether oxygens (including phenoxy) is 1. The Bertz CT molecular complexity index is 1050. The van der Waals surface area contributed by atoms with E-state index in [0.29, 0.717) is 34.8 Å². The summed E-state index contributed by atoms with van der Waals surface area (Å²) in [5, 5.41) is 8.42. The van der Waals surface area contributed by atoms with Crippen LogP contribution in [0.2, 0.25) is 0 Å². The minimum Gasteiger partial charge on any atom is -0.466 e. The monoisotopic (exact) mass is 500 g/mol. The van der Waals surface area contributed by atoms with Gasteiger partial charge in [-0.15, -0.1) is 0 Å². The molecule has 8 nitrogen and oxygen atoms in total. The van der Waals surface area contributed by atoms with Crippen LogP contribution in [0.3, 0.4) is 0 Å². The van der Waals surface area contributed by atoms with Crippen LogP contribution >= 0.6 is 15.9 Å². The van der Waals surface area contributed by atoms with Crippen molar-refractivity contribution in [1.82, 2.24) is 10.2 Å². The molecule has 0 saturated carbocycles. The van der Waals surface area contributed by atoms with E-state index in [1.807, 2.05) is 25.1 Å². The van der Waals surface area contributed by atoms with Crippen LogP contribution in [0.5, 0.6) is 0 Å². The molecule has 0 saturated heterocycles. The maximum Gasteiger partial charge on any atom is 0.337 e. The molecule has 2 aromatic carbocycles. The van der Waals surface area contributed by atoms with Crippen molar-refractivity contribution in [3.05, 3.63) is 69.8 Å². The third-order valence-electron chi connectivity index (χ3n) is 5.07. The predicted octanol–water partition coefficient (Wildman–Crippen LogP) is 5.02. The second-order valence-electron chi connectivity index (χ2n) is 7.21. The zero-order chi connectivity index (χ0) is 23.3. The van der Waals surface area contributed by atoms with E-state index in [1.54, 1.807) is 42.2 Å². The maximum absolute atomic E-state index is 12.6. The molecule has 1 atom stereocenters. The van der Waals surface area contributed by atoms with Gasteiger partial charge in [-0.1, -0.05) is 31.2 Å². The van der Waals surface area contributed by atoms with E-state index in [1.165, 1.54) is 7.11 Å².